The second-order valence-electron chi connectivity index (χ2n) is 4.25. The lowest BCUT2D eigenvalue weighted by molar-refractivity contribution is 0.610. The molecule has 6 heteroatoms. The quantitative estimate of drug-likeness (QED) is 0.854. The molecule has 0 fully saturated rings. The fourth-order valence-corrected chi connectivity index (χ4v) is 2.29. The normalized spacial score (nSPS) is 10.7. The lowest BCUT2D eigenvalue weighted by Gasteiger charge is -2.05. The van der Waals surface area contributed by atoms with Crippen LogP contribution in [0.1, 0.15) is 30.3 Å². The molecule has 0 saturated heterocycles. The Bertz CT molecular complexity index is 541. The smallest absolute Gasteiger partial charge is 0.202 e. The maximum atomic E-state index is 13.7. The zero-order valence-electron chi connectivity index (χ0n) is 10.8. The van der Waals surface area contributed by atoms with E-state index in [1.165, 1.54) is 17.6 Å². The molecule has 0 radical (unpaired) electrons. The SMILES string of the molecule is CCCc1nsc(NCc2ccc(CN)cc2F)n1. The standard InChI is InChI=1S/C13H17FN4S/c1-2-3-12-17-13(19-18-12)16-8-10-5-4-9(7-15)6-11(10)14/h4-6H,2-3,7-8,15H2,1H3,(H,16,17,18). The van der Waals surface area contributed by atoms with E-state index >= 15 is 0 Å². The van der Waals surface area contributed by atoms with E-state index in [0.29, 0.717) is 18.7 Å². The minimum Gasteiger partial charge on any atom is -0.356 e. The third-order valence-electron chi connectivity index (χ3n) is 2.72. The van der Waals surface area contributed by atoms with Gasteiger partial charge in [0.25, 0.3) is 0 Å². The Kier molecular flexibility index (Phi) is 4.81. The van der Waals surface area contributed by atoms with Gasteiger partial charge in [-0.2, -0.15) is 4.37 Å². The third kappa shape index (κ3) is 3.71. The molecular formula is C13H17FN4S. The molecule has 3 N–H and O–H groups in total. The highest BCUT2D eigenvalue weighted by Crippen LogP contribution is 2.16. The molecular weight excluding hydrogens is 263 g/mol. The number of halogens is 1. The van der Waals surface area contributed by atoms with Crippen molar-refractivity contribution in [2.24, 2.45) is 5.73 Å². The first-order chi connectivity index (χ1) is 9.22. The second-order valence-corrected chi connectivity index (χ2v) is 5.00. The molecule has 1 aromatic heterocycles. The van der Waals surface area contributed by atoms with Crippen molar-refractivity contribution in [1.82, 2.24) is 9.36 Å². The molecule has 19 heavy (non-hydrogen) atoms. The maximum absolute atomic E-state index is 13.7. The Morgan fingerprint density at radius 1 is 1.42 bits per heavy atom. The molecule has 0 unspecified atom stereocenters. The van der Waals surface area contributed by atoms with Crippen LogP contribution in [0.25, 0.3) is 0 Å². The lowest BCUT2D eigenvalue weighted by atomic mass is 10.1. The molecule has 102 valence electrons. The van der Waals surface area contributed by atoms with Gasteiger partial charge in [-0.25, -0.2) is 9.37 Å². The van der Waals surface area contributed by atoms with E-state index in [4.69, 9.17) is 5.73 Å². The van der Waals surface area contributed by atoms with Gasteiger partial charge in [-0.3, -0.25) is 0 Å². The number of anilines is 1. The van der Waals surface area contributed by atoms with E-state index in [9.17, 15) is 4.39 Å². The van der Waals surface area contributed by atoms with Gasteiger partial charge in [0.15, 0.2) is 0 Å². The molecule has 2 aromatic rings. The zero-order valence-corrected chi connectivity index (χ0v) is 11.6. The molecule has 4 nitrogen and oxygen atoms in total. The van der Waals surface area contributed by atoms with Crippen LogP contribution in [0.15, 0.2) is 18.2 Å². The molecule has 0 aliphatic carbocycles. The summed E-state index contributed by atoms with van der Waals surface area (Å²) in [7, 11) is 0. The van der Waals surface area contributed by atoms with E-state index in [0.717, 1.165) is 29.4 Å². The topological polar surface area (TPSA) is 63.8 Å². The van der Waals surface area contributed by atoms with Gasteiger partial charge in [0.05, 0.1) is 0 Å². The van der Waals surface area contributed by atoms with Crippen LogP contribution in [0, 0.1) is 5.82 Å². The summed E-state index contributed by atoms with van der Waals surface area (Å²) >= 11 is 1.31. The van der Waals surface area contributed by atoms with Crippen molar-refractivity contribution in [3.05, 3.63) is 41.0 Å². The summed E-state index contributed by atoms with van der Waals surface area (Å²) in [5.74, 6) is 0.600. The second kappa shape index (κ2) is 6.58. The fraction of sp³-hybridized carbons (Fsp3) is 0.385. The number of nitrogens with zero attached hydrogens (tertiary/aromatic N) is 2. The van der Waals surface area contributed by atoms with Crippen molar-refractivity contribution in [3.8, 4) is 0 Å². The average Bonchev–Trinajstić information content (AvgIpc) is 2.85. The fourth-order valence-electron chi connectivity index (χ4n) is 1.68. The minimum absolute atomic E-state index is 0.242. The van der Waals surface area contributed by atoms with E-state index in [1.807, 2.05) is 6.07 Å². The Morgan fingerprint density at radius 2 is 2.26 bits per heavy atom. The van der Waals surface area contributed by atoms with Gasteiger partial charge in [-0.05, 0) is 18.1 Å². The van der Waals surface area contributed by atoms with E-state index in [2.05, 4.69) is 21.6 Å². The monoisotopic (exact) mass is 280 g/mol. The van der Waals surface area contributed by atoms with E-state index < -0.39 is 0 Å². The molecule has 2 rings (SSSR count). The summed E-state index contributed by atoms with van der Waals surface area (Å²) in [6, 6.07) is 5.06. The highest BCUT2D eigenvalue weighted by molar-refractivity contribution is 7.09. The number of nitrogens with one attached hydrogen (secondary N) is 1. The number of benzene rings is 1. The minimum atomic E-state index is -0.242. The van der Waals surface area contributed by atoms with Crippen LogP contribution in [0.5, 0.6) is 0 Å². The largest absolute Gasteiger partial charge is 0.356 e. The van der Waals surface area contributed by atoms with Crippen LogP contribution >= 0.6 is 11.5 Å². The van der Waals surface area contributed by atoms with Gasteiger partial charge in [0, 0.05) is 36.6 Å². The average molecular weight is 280 g/mol. The summed E-state index contributed by atoms with van der Waals surface area (Å²) in [6.45, 7) is 2.83. The first-order valence-electron chi connectivity index (χ1n) is 6.26. The van der Waals surface area contributed by atoms with E-state index in [-0.39, 0.29) is 5.82 Å². The van der Waals surface area contributed by atoms with Crippen LogP contribution in [-0.2, 0) is 19.5 Å². The van der Waals surface area contributed by atoms with E-state index in [1.54, 1.807) is 6.07 Å². The lowest BCUT2D eigenvalue weighted by Crippen LogP contribution is -2.04. The van der Waals surface area contributed by atoms with Crippen LogP contribution < -0.4 is 11.1 Å². The summed E-state index contributed by atoms with van der Waals surface area (Å²) in [4.78, 5) is 4.33. The molecule has 0 aliphatic rings. The summed E-state index contributed by atoms with van der Waals surface area (Å²) in [5, 5.41) is 3.82. The van der Waals surface area contributed by atoms with Crippen molar-refractivity contribution < 1.29 is 4.39 Å². The number of aromatic nitrogens is 2. The number of hydrogen-bond acceptors (Lipinski definition) is 5. The predicted molar refractivity (Wildman–Crippen MR) is 75.5 cm³/mol. The highest BCUT2D eigenvalue weighted by atomic mass is 32.1. The molecule has 1 aromatic carbocycles. The number of rotatable bonds is 6. The van der Waals surface area contributed by atoms with Crippen LogP contribution in [0.2, 0.25) is 0 Å². The Hall–Kier alpha value is -1.53. The Labute approximate surface area is 116 Å². The van der Waals surface area contributed by atoms with Crippen molar-refractivity contribution in [3.63, 3.8) is 0 Å². The molecule has 0 aliphatic heterocycles. The van der Waals surface area contributed by atoms with Crippen LogP contribution in [-0.4, -0.2) is 9.36 Å². The summed E-state index contributed by atoms with van der Waals surface area (Å²) in [6.07, 6.45) is 1.89. The summed E-state index contributed by atoms with van der Waals surface area (Å²) in [5.41, 5.74) is 6.86. The van der Waals surface area contributed by atoms with Gasteiger partial charge >= 0.3 is 0 Å². The number of nitrogens with two attached hydrogens (primary N) is 1. The van der Waals surface area contributed by atoms with Gasteiger partial charge < -0.3 is 11.1 Å². The molecule has 0 spiro atoms. The molecule has 0 amide bonds. The molecule has 1 heterocycles. The van der Waals surface area contributed by atoms with Crippen LogP contribution in [0.4, 0.5) is 9.52 Å². The first-order valence-corrected chi connectivity index (χ1v) is 7.04. The third-order valence-corrected chi connectivity index (χ3v) is 3.44. The van der Waals surface area contributed by atoms with Crippen molar-refractivity contribution in [2.45, 2.75) is 32.9 Å². The number of hydrogen-bond donors (Lipinski definition) is 2. The predicted octanol–water partition coefficient (Wildman–Crippen LogP) is 2.70. The van der Waals surface area contributed by atoms with Crippen molar-refractivity contribution in [1.29, 1.82) is 0 Å². The summed E-state index contributed by atoms with van der Waals surface area (Å²) < 4.78 is 18.0. The molecule has 0 atom stereocenters. The van der Waals surface area contributed by atoms with Gasteiger partial charge in [-0.1, -0.05) is 19.1 Å². The maximum Gasteiger partial charge on any atom is 0.202 e. The first kappa shape index (κ1) is 13.9. The Balaban J connectivity index is 1.97. The van der Waals surface area contributed by atoms with Crippen molar-refractivity contribution >= 4 is 16.7 Å². The Morgan fingerprint density at radius 3 is 2.95 bits per heavy atom. The highest BCUT2D eigenvalue weighted by Gasteiger charge is 2.06. The van der Waals surface area contributed by atoms with Crippen molar-refractivity contribution in [2.75, 3.05) is 5.32 Å². The zero-order chi connectivity index (χ0) is 13.7. The van der Waals surface area contributed by atoms with Gasteiger partial charge in [-0.15, -0.1) is 0 Å². The number of aryl methyl sites for hydroxylation is 1. The molecule has 0 saturated carbocycles. The van der Waals surface area contributed by atoms with Crippen LogP contribution in [0.3, 0.4) is 0 Å². The molecule has 0 bridgehead atoms. The van der Waals surface area contributed by atoms with Gasteiger partial charge in [0.1, 0.15) is 11.6 Å². The van der Waals surface area contributed by atoms with Gasteiger partial charge in [0.2, 0.25) is 5.13 Å².